The Hall–Kier alpha value is -3.49. The maximum absolute atomic E-state index is 11.2. The number of benzene rings is 2. The Morgan fingerprint density at radius 2 is 1.47 bits per heavy atom. The molecule has 0 aromatic heterocycles. The molecule has 0 unspecified atom stereocenters. The van der Waals surface area contributed by atoms with E-state index in [9.17, 15) is 20.2 Å². The standard InChI is InChI=1S/C21H27N5O4/c1-15(2)13-24(14-16(3)4)21-10-9-20(26(29)30)11-17(21)12-22-23-18-5-7-19(8-6-18)25(27)28/h5-12,15-16,23H,13-14H2,1-4H3. The van der Waals surface area contributed by atoms with Gasteiger partial charge in [-0.05, 0) is 30.0 Å². The summed E-state index contributed by atoms with van der Waals surface area (Å²) in [5.74, 6) is 0.837. The number of nitrogens with zero attached hydrogens (tertiary/aromatic N) is 4. The van der Waals surface area contributed by atoms with Gasteiger partial charge in [0.1, 0.15) is 0 Å². The molecule has 0 aliphatic rings. The number of hydrogen-bond acceptors (Lipinski definition) is 7. The lowest BCUT2D eigenvalue weighted by Crippen LogP contribution is -2.32. The van der Waals surface area contributed by atoms with E-state index < -0.39 is 9.85 Å². The van der Waals surface area contributed by atoms with E-state index in [1.54, 1.807) is 18.2 Å². The molecule has 0 radical (unpaired) electrons. The van der Waals surface area contributed by atoms with Crippen molar-refractivity contribution in [2.45, 2.75) is 27.7 Å². The van der Waals surface area contributed by atoms with E-state index in [1.165, 1.54) is 30.5 Å². The lowest BCUT2D eigenvalue weighted by molar-refractivity contribution is -0.385. The summed E-state index contributed by atoms with van der Waals surface area (Å²) >= 11 is 0. The molecule has 0 atom stereocenters. The number of nitro groups is 2. The maximum Gasteiger partial charge on any atom is 0.270 e. The fourth-order valence-corrected chi connectivity index (χ4v) is 3.03. The van der Waals surface area contributed by atoms with Gasteiger partial charge in [-0.15, -0.1) is 0 Å². The molecule has 0 bridgehead atoms. The van der Waals surface area contributed by atoms with Gasteiger partial charge in [0.25, 0.3) is 11.4 Å². The SMILES string of the molecule is CC(C)CN(CC(C)C)c1ccc([N+](=O)[O-])cc1C=NNc1ccc([N+](=O)[O-])cc1. The van der Waals surface area contributed by atoms with Crippen LogP contribution in [0, 0.1) is 32.1 Å². The van der Waals surface area contributed by atoms with E-state index in [0.29, 0.717) is 23.1 Å². The predicted molar refractivity (Wildman–Crippen MR) is 119 cm³/mol. The first kappa shape index (κ1) is 22.8. The average molecular weight is 413 g/mol. The van der Waals surface area contributed by atoms with Crippen LogP contribution in [0.25, 0.3) is 0 Å². The van der Waals surface area contributed by atoms with E-state index in [0.717, 1.165) is 18.8 Å². The summed E-state index contributed by atoms with van der Waals surface area (Å²) in [6, 6.07) is 10.6. The molecule has 2 aromatic carbocycles. The Kier molecular flexibility index (Phi) is 7.85. The molecule has 0 spiro atoms. The van der Waals surface area contributed by atoms with Crippen LogP contribution in [0.15, 0.2) is 47.6 Å². The van der Waals surface area contributed by atoms with Gasteiger partial charge in [-0.25, -0.2) is 0 Å². The van der Waals surface area contributed by atoms with Crippen molar-refractivity contribution in [2.24, 2.45) is 16.9 Å². The van der Waals surface area contributed by atoms with Gasteiger partial charge in [0.2, 0.25) is 0 Å². The molecule has 0 heterocycles. The average Bonchev–Trinajstić information content (AvgIpc) is 2.67. The molecule has 2 aromatic rings. The first-order valence-corrected chi connectivity index (χ1v) is 9.74. The molecule has 1 N–H and O–H groups in total. The highest BCUT2D eigenvalue weighted by atomic mass is 16.6. The smallest absolute Gasteiger partial charge is 0.270 e. The molecule has 0 aliphatic heterocycles. The summed E-state index contributed by atoms with van der Waals surface area (Å²) in [4.78, 5) is 23.3. The molecule has 2 rings (SSSR count). The third-order valence-corrected chi connectivity index (χ3v) is 4.21. The molecule has 30 heavy (non-hydrogen) atoms. The molecular weight excluding hydrogens is 386 g/mol. The zero-order valence-corrected chi connectivity index (χ0v) is 17.6. The van der Waals surface area contributed by atoms with Gasteiger partial charge in [-0.1, -0.05) is 27.7 Å². The Balaban J connectivity index is 2.32. The van der Waals surface area contributed by atoms with Gasteiger partial charge in [-0.3, -0.25) is 25.7 Å². The van der Waals surface area contributed by atoms with E-state index in [2.05, 4.69) is 43.1 Å². The van der Waals surface area contributed by atoms with E-state index >= 15 is 0 Å². The van der Waals surface area contributed by atoms with Crippen LogP contribution in [0.3, 0.4) is 0 Å². The number of hydrazone groups is 1. The second-order valence-corrected chi connectivity index (χ2v) is 7.87. The highest BCUT2D eigenvalue weighted by Gasteiger charge is 2.17. The second kappa shape index (κ2) is 10.3. The van der Waals surface area contributed by atoms with Gasteiger partial charge >= 0.3 is 0 Å². The third kappa shape index (κ3) is 6.54. The monoisotopic (exact) mass is 413 g/mol. The van der Waals surface area contributed by atoms with E-state index in [-0.39, 0.29) is 11.4 Å². The summed E-state index contributed by atoms with van der Waals surface area (Å²) in [5, 5.41) is 26.2. The number of nitro benzene ring substituents is 2. The largest absolute Gasteiger partial charge is 0.370 e. The molecule has 0 fully saturated rings. The molecule has 9 nitrogen and oxygen atoms in total. The summed E-state index contributed by atoms with van der Waals surface area (Å²) < 4.78 is 0. The van der Waals surface area contributed by atoms with Crippen molar-refractivity contribution >= 4 is 29.0 Å². The predicted octanol–water partition coefficient (Wildman–Crippen LogP) is 5.07. The number of hydrogen-bond donors (Lipinski definition) is 1. The minimum absolute atomic E-state index is 0.00965. The number of non-ortho nitro benzene ring substituents is 2. The normalized spacial score (nSPS) is 11.3. The fourth-order valence-electron chi connectivity index (χ4n) is 3.03. The minimum atomic E-state index is -0.472. The Bertz CT molecular complexity index is 900. The van der Waals surface area contributed by atoms with Crippen LogP contribution in [-0.2, 0) is 0 Å². The van der Waals surface area contributed by atoms with Crippen LogP contribution in [0.1, 0.15) is 33.3 Å². The summed E-state index contributed by atoms with van der Waals surface area (Å²) in [6.07, 6.45) is 1.54. The minimum Gasteiger partial charge on any atom is -0.370 e. The van der Waals surface area contributed by atoms with Crippen LogP contribution >= 0.6 is 0 Å². The zero-order chi connectivity index (χ0) is 22.3. The molecule has 160 valence electrons. The van der Waals surface area contributed by atoms with Crippen molar-refractivity contribution in [3.05, 3.63) is 68.3 Å². The van der Waals surface area contributed by atoms with E-state index in [1.807, 2.05) is 0 Å². The highest BCUT2D eigenvalue weighted by molar-refractivity contribution is 5.89. The van der Waals surface area contributed by atoms with Crippen molar-refractivity contribution in [1.82, 2.24) is 0 Å². The van der Waals surface area contributed by atoms with Crippen LogP contribution in [0.5, 0.6) is 0 Å². The van der Waals surface area contributed by atoms with Crippen LogP contribution in [0.2, 0.25) is 0 Å². The van der Waals surface area contributed by atoms with Crippen LogP contribution < -0.4 is 10.3 Å². The zero-order valence-electron chi connectivity index (χ0n) is 17.6. The first-order valence-electron chi connectivity index (χ1n) is 9.74. The molecule has 0 saturated carbocycles. The molecule has 0 saturated heterocycles. The topological polar surface area (TPSA) is 114 Å². The summed E-state index contributed by atoms with van der Waals surface area (Å²) in [7, 11) is 0. The molecule has 9 heteroatoms. The summed E-state index contributed by atoms with van der Waals surface area (Å²) in [6.45, 7) is 10.1. The Morgan fingerprint density at radius 1 is 0.933 bits per heavy atom. The van der Waals surface area contributed by atoms with Crippen molar-refractivity contribution in [2.75, 3.05) is 23.4 Å². The molecular formula is C21H27N5O4. The quantitative estimate of drug-likeness (QED) is 0.330. The highest BCUT2D eigenvalue weighted by Crippen LogP contribution is 2.26. The Morgan fingerprint density at radius 3 is 1.97 bits per heavy atom. The van der Waals surface area contributed by atoms with Gasteiger partial charge in [0, 0.05) is 48.6 Å². The van der Waals surface area contributed by atoms with E-state index in [4.69, 9.17) is 0 Å². The number of nitrogens with one attached hydrogen (secondary N) is 1. The van der Waals surface area contributed by atoms with Crippen molar-refractivity contribution in [3.63, 3.8) is 0 Å². The third-order valence-electron chi connectivity index (χ3n) is 4.21. The first-order chi connectivity index (χ1) is 14.2. The van der Waals surface area contributed by atoms with Gasteiger partial charge < -0.3 is 4.90 Å². The van der Waals surface area contributed by atoms with Crippen molar-refractivity contribution in [1.29, 1.82) is 0 Å². The van der Waals surface area contributed by atoms with Crippen LogP contribution in [0.4, 0.5) is 22.7 Å². The molecule has 0 amide bonds. The number of anilines is 2. The second-order valence-electron chi connectivity index (χ2n) is 7.87. The number of rotatable bonds is 10. The van der Waals surface area contributed by atoms with Crippen molar-refractivity contribution < 1.29 is 9.85 Å². The van der Waals surface area contributed by atoms with Crippen molar-refractivity contribution in [3.8, 4) is 0 Å². The van der Waals surface area contributed by atoms with Crippen LogP contribution in [-0.4, -0.2) is 29.2 Å². The van der Waals surface area contributed by atoms with Gasteiger partial charge in [0.15, 0.2) is 0 Å². The summed E-state index contributed by atoms with van der Waals surface area (Å²) in [5.41, 5.74) is 4.87. The lowest BCUT2D eigenvalue weighted by atomic mass is 10.1. The fraction of sp³-hybridized carbons (Fsp3) is 0.381. The lowest BCUT2D eigenvalue weighted by Gasteiger charge is -2.29. The van der Waals surface area contributed by atoms with Gasteiger partial charge in [0.05, 0.1) is 21.7 Å². The Labute approximate surface area is 175 Å². The maximum atomic E-state index is 11.2. The molecule has 0 aliphatic carbocycles. The van der Waals surface area contributed by atoms with Gasteiger partial charge in [-0.2, -0.15) is 5.10 Å².